The van der Waals surface area contributed by atoms with Crippen LogP contribution in [-0.2, 0) is 16.0 Å². The van der Waals surface area contributed by atoms with Gasteiger partial charge in [0.25, 0.3) is 0 Å². The van der Waals surface area contributed by atoms with Crippen molar-refractivity contribution in [2.45, 2.75) is 11.6 Å². The summed E-state index contributed by atoms with van der Waals surface area (Å²) in [5.74, 6) is -0.554. The molecule has 5 nitrogen and oxygen atoms in total. The second-order valence-corrected chi connectivity index (χ2v) is 7.83. The Morgan fingerprint density at radius 2 is 1.42 bits per heavy atom. The number of para-hydroxylation sites is 1. The average Bonchev–Trinajstić information content (AvgIpc) is 3.23. The molecule has 0 radical (unpaired) electrons. The van der Waals surface area contributed by atoms with Gasteiger partial charge in [-0.3, -0.25) is 19.5 Å². The van der Waals surface area contributed by atoms with E-state index in [1.54, 1.807) is 0 Å². The maximum Gasteiger partial charge on any atom is 0.237 e. The maximum absolute atomic E-state index is 12.4. The summed E-state index contributed by atoms with van der Waals surface area (Å²) in [5, 5.41) is 3.15. The van der Waals surface area contributed by atoms with Crippen molar-refractivity contribution in [2.75, 3.05) is 5.75 Å². The van der Waals surface area contributed by atoms with Gasteiger partial charge < -0.3 is 0 Å². The number of aromatic nitrogens is 2. The number of imidazole rings is 1. The van der Waals surface area contributed by atoms with E-state index in [0.29, 0.717) is 5.16 Å². The number of carbonyl (C=O) groups excluding carboxylic acids is 2. The highest BCUT2D eigenvalue weighted by Gasteiger charge is 2.16. The Morgan fingerprint density at radius 1 is 0.806 bits per heavy atom. The Labute approximate surface area is 185 Å². The zero-order chi connectivity index (χ0) is 21.5. The molecule has 0 aliphatic carbocycles. The Kier molecular flexibility index (Phi) is 6.59. The van der Waals surface area contributed by atoms with Crippen LogP contribution in [0.15, 0.2) is 102 Å². The summed E-state index contributed by atoms with van der Waals surface area (Å²) < 4.78 is 2.03. The largest absolute Gasteiger partial charge is 0.295 e. The molecule has 154 valence electrons. The zero-order valence-electron chi connectivity index (χ0n) is 16.8. The van der Waals surface area contributed by atoms with Crippen molar-refractivity contribution < 1.29 is 9.59 Å². The smallest absolute Gasteiger partial charge is 0.237 e. The first-order chi connectivity index (χ1) is 15.2. The summed E-state index contributed by atoms with van der Waals surface area (Å²) in [5.41, 5.74) is 3.80. The van der Waals surface area contributed by atoms with Crippen LogP contribution in [0.4, 0.5) is 0 Å². The molecule has 3 aromatic carbocycles. The number of rotatable bonds is 7. The number of nitrogens with one attached hydrogen (secondary N) is 1. The van der Waals surface area contributed by atoms with E-state index < -0.39 is 0 Å². The van der Waals surface area contributed by atoms with Crippen LogP contribution in [0.1, 0.15) is 5.56 Å². The molecule has 0 spiro atoms. The van der Waals surface area contributed by atoms with Crippen molar-refractivity contribution >= 4 is 23.6 Å². The molecule has 0 unspecified atom stereocenters. The highest BCUT2D eigenvalue weighted by molar-refractivity contribution is 7.99. The van der Waals surface area contributed by atoms with Gasteiger partial charge in [-0.1, -0.05) is 90.6 Å². The molecule has 0 saturated carbocycles. The number of imide groups is 1. The fourth-order valence-corrected chi connectivity index (χ4v) is 4.02. The third kappa shape index (κ3) is 5.29. The predicted octanol–water partition coefficient (Wildman–Crippen LogP) is 4.52. The quantitative estimate of drug-likeness (QED) is 0.441. The van der Waals surface area contributed by atoms with Crippen LogP contribution in [0.5, 0.6) is 0 Å². The molecule has 4 aromatic rings. The molecule has 6 heteroatoms. The van der Waals surface area contributed by atoms with Gasteiger partial charge >= 0.3 is 0 Å². The lowest BCUT2D eigenvalue weighted by Crippen LogP contribution is -2.33. The van der Waals surface area contributed by atoms with Gasteiger partial charge in [0.05, 0.1) is 24.1 Å². The third-order valence-corrected chi connectivity index (χ3v) is 5.58. The molecule has 4 rings (SSSR count). The van der Waals surface area contributed by atoms with Gasteiger partial charge in [-0.2, -0.15) is 0 Å². The minimum absolute atomic E-state index is 0.0958. The van der Waals surface area contributed by atoms with Gasteiger partial charge in [-0.05, 0) is 17.7 Å². The Balaban J connectivity index is 1.48. The number of hydrogen-bond donors (Lipinski definition) is 1. The van der Waals surface area contributed by atoms with Crippen LogP contribution < -0.4 is 5.32 Å². The molecule has 1 aromatic heterocycles. The lowest BCUT2D eigenvalue weighted by atomic mass is 10.1. The number of hydrogen-bond acceptors (Lipinski definition) is 4. The fraction of sp³-hybridized carbons (Fsp3) is 0.0800. The summed E-state index contributed by atoms with van der Waals surface area (Å²) in [4.78, 5) is 29.1. The summed E-state index contributed by atoms with van der Waals surface area (Å²) in [6.45, 7) is 0. The molecule has 31 heavy (non-hydrogen) atoms. The molecule has 0 fully saturated rings. The minimum atomic E-state index is -0.338. The van der Waals surface area contributed by atoms with Gasteiger partial charge in [0.15, 0.2) is 5.16 Å². The number of benzene rings is 3. The second-order valence-electron chi connectivity index (χ2n) is 6.89. The van der Waals surface area contributed by atoms with Crippen molar-refractivity contribution in [3.8, 4) is 16.9 Å². The van der Waals surface area contributed by atoms with Crippen LogP contribution in [0.25, 0.3) is 16.9 Å². The van der Waals surface area contributed by atoms with Crippen LogP contribution in [0.3, 0.4) is 0 Å². The molecule has 1 N–H and O–H groups in total. The molecule has 0 bridgehead atoms. The first-order valence-electron chi connectivity index (χ1n) is 9.89. The van der Waals surface area contributed by atoms with Gasteiger partial charge in [-0.25, -0.2) is 4.98 Å². The SMILES string of the molecule is O=C(CSc1ncc(-c2ccccc2)n1-c1ccccc1)NC(=O)Cc1ccccc1. The van der Waals surface area contributed by atoms with E-state index in [9.17, 15) is 9.59 Å². The maximum atomic E-state index is 12.4. The molecule has 0 saturated heterocycles. The van der Waals surface area contributed by atoms with E-state index in [-0.39, 0.29) is 24.0 Å². The second kappa shape index (κ2) is 9.91. The van der Waals surface area contributed by atoms with E-state index >= 15 is 0 Å². The monoisotopic (exact) mass is 427 g/mol. The topological polar surface area (TPSA) is 64.0 Å². The molecular weight excluding hydrogens is 406 g/mol. The van der Waals surface area contributed by atoms with Crippen molar-refractivity contribution in [2.24, 2.45) is 0 Å². The summed E-state index contributed by atoms with van der Waals surface area (Å²) in [6, 6.07) is 29.2. The zero-order valence-corrected chi connectivity index (χ0v) is 17.6. The van der Waals surface area contributed by atoms with Crippen LogP contribution in [-0.4, -0.2) is 27.1 Å². The number of thioether (sulfide) groups is 1. The first kappa shape index (κ1) is 20.6. The number of carbonyl (C=O) groups is 2. The summed E-state index contributed by atoms with van der Waals surface area (Å²) in [7, 11) is 0. The lowest BCUT2D eigenvalue weighted by Gasteiger charge is -2.12. The van der Waals surface area contributed by atoms with Crippen molar-refractivity contribution in [3.05, 3.63) is 103 Å². The molecule has 1 heterocycles. The van der Waals surface area contributed by atoms with Gasteiger partial charge in [0.1, 0.15) is 0 Å². The van der Waals surface area contributed by atoms with E-state index in [4.69, 9.17) is 0 Å². The van der Waals surface area contributed by atoms with Crippen LogP contribution in [0.2, 0.25) is 0 Å². The van der Waals surface area contributed by atoms with Gasteiger partial charge in [0.2, 0.25) is 11.8 Å². The van der Waals surface area contributed by atoms with E-state index in [1.807, 2.05) is 102 Å². The Bertz CT molecular complexity index is 1160. The Hall–Kier alpha value is -3.64. The third-order valence-electron chi connectivity index (χ3n) is 4.63. The summed E-state index contributed by atoms with van der Waals surface area (Å²) >= 11 is 1.30. The average molecular weight is 428 g/mol. The fourth-order valence-electron chi connectivity index (χ4n) is 3.22. The van der Waals surface area contributed by atoms with Crippen molar-refractivity contribution in [3.63, 3.8) is 0 Å². The van der Waals surface area contributed by atoms with Crippen LogP contribution >= 0.6 is 11.8 Å². The number of amides is 2. The lowest BCUT2D eigenvalue weighted by molar-refractivity contribution is -0.128. The molecule has 0 aliphatic rings. The highest BCUT2D eigenvalue weighted by atomic mass is 32.2. The standard InChI is InChI=1S/C25H21N3O2S/c29-23(16-19-10-4-1-5-11-19)27-24(30)18-31-25-26-17-22(20-12-6-2-7-13-20)28(25)21-14-8-3-9-15-21/h1-15,17H,16,18H2,(H,27,29,30). The van der Waals surface area contributed by atoms with Gasteiger partial charge in [-0.15, -0.1) is 0 Å². The van der Waals surface area contributed by atoms with Crippen LogP contribution in [0, 0.1) is 0 Å². The van der Waals surface area contributed by atoms with Gasteiger partial charge in [0, 0.05) is 11.3 Å². The van der Waals surface area contributed by atoms with Crippen molar-refractivity contribution in [1.29, 1.82) is 0 Å². The Morgan fingerprint density at radius 3 is 2.10 bits per heavy atom. The first-order valence-corrected chi connectivity index (χ1v) is 10.9. The van der Waals surface area contributed by atoms with E-state index in [1.165, 1.54) is 11.8 Å². The molecule has 2 amide bonds. The normalized spacial score (nSPS) is 10.6. The van der Waals surface area contributed by atoms with E-state index in [0.717, 1.165) is 22.5 Å². The molecular formula is C25H21N3O2S. The van der Waals surface area contributed by atoms with E-state index in [2.05, 4.69) is 10.3 Å². The highest BCUT2D eigenvalue weighted by Crippen LogP contribution is 2.29. The minimum Gasteiger partial charge on any atom is -0.295 e. The van der Waals surface area contributed by atoms with Crippen molar-refractivity contribution in [1.82, 2.24) is 14.9 Å². The molecule has 0 aliphatic heterocycles. The summed E-state index contributed by atoms with van der Waals surface area (Å²) in [6.07, 6.45) is 1.98. The number of nitrogens with zero attached hydrogens (tertiary/aromatic N) is 2. The predicted molar refractivity (Wildman–Crippen MR) is 123 cm³/mol. The molecule has 0 atom stereocenters.